The molecule has 26 heavy (non-hydrogen) atoms. The van der Waals surface area contributed by atoms with Gasteiger partial charge in [0.05, 0.1) is 4.92 Å². The van der Waals surface area contributed by atoms with E-state index in [-0.39, 0.29) is 22.6 Å². The fourth-order valence-corrected chi connectivity index (χ4v) is 4.19. The molecule has 6 nitrogen and oxygen atoms in total. The van der Waals surface area contributed by atoms with Crippen molar-refractivity contribution < 1.29 is 9.72 Å². The summed E-state index contributed by atoms with van der Waals surface area (Å²) in [5.41, 5.74) is 1.11. The number of carbonyl (C=O) groups is 1. The van der Waals surface area contributed by atoms with Crippen LogP contribution in [0.2, 0.25) is 0 Å². The molecule has 2 aliphatic heterocycles. The van der Waals surface area contributed by atoms with Crippen molar-refractivity contribution in [2.75, 3.05) is 26.2 Å². The zero-order chi connectivity index (χ0) is 18.5. The minimum absolute atomic E-state index is 0.129. The van der Waals surface area contributed by atoms with E-state index in [1.165, 1.54) is 18.9 Å². The number of piperidine rings is 1. The molecular formula is C20H29N3O3. The summed E-state index contributed by atoms with van der Waals surface area (Å²) in [5.74, 6) is 0.483. The average Bonchev–Trinajstić information content (AvgIpc) is 2.96. The standard InChI is InChI=1S/C20H29N3O3/c1-16(18-7-6-8-19(15-18)23(25)26)21-13-9-17(10-14-21)20(24)22-11-4-2-3-5-12-22/h6-8,15-17H,2-5,9-14H2,1H3. The molecule has 0 aromatic heterocycles. The largest absolute Gasteiger partial charge is 0.342 e. The summed E-state index contributed by atoms with van der Waals surface area (Å²) in [6.07, 6.45) is 6.51. The molecule has 0 spiro atoms. The molecule has 1 amide bonds. The molecule has 2 fully saturated rings. The Hall–Kier alpha value is -1.95. The van der Waals surface area contributed by atoms with Gasteiger partial charge in [-0.05, 0) is 51.3 Å². The number of nitrogens with zero attached hydrogens (tertiary/aromatic N) is 3. The van der Waals surface area contributed by atoms with Gasteiger partial charge in [-0.15, -0.1) is 0 Å². The summed E-state index contributed by atoms with van der Waals surface area (Å²) < 4.78 is 0. The lowest BCUT2D eigenvalue weighted by atomic mass is 9.93. The van der Waals surface area contributed by atoms with Gasteiger partial charge in [0.1, 0.15) is 0 Å². The fourth-order valence-electron chi connectivity index (χ4n) is 4.19. The first-order valence-electron chi connectivity index (χ1n) is 9.83. The van der Waals surface area contributed by atoms with Crippen LogP contribution in [0.15, 0.2) is 24.3 Å². The highest BCUT2D eigenvalue weighted by Crippen LogP contribution is 2.29. The zero-order valence-electron chi connectivity index (χ0n) is 15.6. The number of non-ortho nitro benzene ring substituents is 1. The summed E-state index contributed by atoms with van der Waals surface area (Å²) in [6, 6.07) is 7.02. The Labute approximate surface area is 155 Å². The highest BCUT2D eigenvalue weighted by molar-refractivity contribution is 5.79. The zero-order valence-corrected chi connectivity index (χ0v) is 15.6. The maximum Gasteiger partial charge on any atom is 0.269 e. The smallest absolute Gasteiger partial charge is 0.269 e. The van der Waals surface area contributed by atoms with Gasteiger partial charge < -0.3 is 4.90 Å². The minimum Gasteiger partial charge on any atom is -0.342 e. The van der Waals surface area contributed by atoms with Gasteiger partial charge in [0.15, 0.2) is 0 Å². The third-order valence-corrected chi connectivity index (χ3v) is 5.91. The van der Waals surface area contributed by atoms with Crippen molar-refractivity contribution in [2.24, 2.45) is 5.92 Å². The predicted octanol–water partition coefficient (Wildman–Crippen LogP) is 3.77. The lowest BCUT2D eigenvalue weighted by Crippen LogP contribution is -2.43. The van der Waals surface area contributed by atoms with Crippen molar-refractivity contribution in [3.05, 3.63) is 39.9 Å². The Kier molecular flexibility index (Phi) is 6.25. The number of amides is 1. The third-order valence-electron chi connectivity index (χ3n) is 5.91. The van der Waals surface area contributed by atoms with Crippen molar-refractivity contribution in [2.45, 2.75) is 51.5 Å². The minimum atomic E-state index is -0.345. The molecule has 1 aromatic carbocycles. The molecule has 2 heterocycles. The van der Waals surface area contributed by atoms with E-state index in [0.29, 0.717) is 5.91 Å². The average molecular weight is 359 g/mol. The predicted molar refractivity (Wildman–Crippen MR) is 101 cm³/mol. The van der Waals surface area contributed by atoms with E-state index in [1.54, 1.807) is 12.1 Å². The van der Waals surface area contributed by atoms with Gasteiger partial charge in [0.25, 0.3) is 5.69 Å². The summed E-state index contributed by atoms with van der Waals surface area (Å²) in [6.45, 7) is 5.67. The third kappa shape index (κ3) is 4.41. The first kappa shape index (κ1) is 18.8. The van der Waals surface area contributed by atoms with Crippen molar-refractivity contribution in [3.63, 3.8) is 0 Å². The normalized spacial score (nSPS) is 21.2. The number of hydrogen-bond acceptors (Lipinski definition) is 4. The maximum absolute atomic E-state index is 12.8. The molecule has 1 atom stereocenters. The Morgan fingerprint density at radius 1 is 1.12 bits per heavy atom. The number of rotatable bonds is 4. The van der Waals surface area contributed by atoms with Gasteiger partial charge >= 0.3 is 0 Å². The van der Waals surface area contributed by atoms with E-state index >= 15 is 0 Å². The maximum atomic E-state index is 12.8. The Morgan fingerprint density at radius 3 is 2.38 bits per heavy atom. The Balaban J connectivity index is 1.56. The summed E-state index contributed by atoms with van der Waals surface area (Å²) in [4.78, 5) is 27.9. The molecule has 0 N–H and O–H groups in total. The Bertz CT molecular complexity index is 633. The van der Waals surface area contributed by atoms with Crippen molar-refractivity contribution in [1.82, 2.24) is 9.80 Å². The van der Waals surface area contributed by atoms with Gasteiger partial charge in [-0.3, -0.25) is 19.8 Å². The number of hydrogen-bond donors (Lipinski definition) is 0. The molecule has 2 aliphatic rings. The van der Waals surface area contributed by atoms with E-state index in [2.05, 4.69) is 16.7 Å². The van der Waals surface area contributed by atoms with E-state index in [9.17, 15) is 14.9 Å². The quantitative estimate of drug-likeness (QED) is 0.606. The van der Waals surface area contributed by atoms with Gasteiger partial charge in [0, 0.05) is 37.2 Å². The van der Waals surface area contributed by atoms with E-state index in [1.807, 2.05) is 6.07 Å². The van der Waals surface area contributed by atoms with Gasteiger partial charge in [0.2, 0.25) is 5.91 Å². The lowest BCUT2D eigenvalue weighted by Gasteiger charge is -2.37. The second-order valence-corrected chi connectivity index (χ2v) is 7.58. The summed E-state index contributed by atoms with van der Waals surface area (Å²) in [7, 11) is 0. The molecule has 142 valence electrons. The monoisotopic (exact) mass is 359 g/mol. The molecule has 0 saturated carbocycles. The molecular weight excluding hydrogens is 330 g/mol. The molecule has 3 rings (SSSR count). The van der Waals surface area contributed by atoms with Crippen LogP contribution < -0.4 is 0 Å². The molecule has 2 saturated heterocycles. The molecule has 0 bridgehead atoms. The number of nitro groups is 1. The molecule has 1 aromatic rings. The number of likely N-dealkylation sites (tertiary alicyclic amines) is 2. The first-order valence-corrected chi connectivity index (χ1v) is 9.83. The highest BCUT2D eigenvalue weighted by Gasteiger charge is 2.30. The van der Waals surface area contributed by atoms with Gasteiger partial charge in [-0.2, -0.15) is 0 Å². The number of benzene rings is 1. The Morgan fingerprint density at radius 2 is 1.77 bits per heavy atom. The highest BCUT2D eigenvalue weighted by atomic mass is 16.6. The van der Waals surface area contributed by atoms with E-state index < -0.39 is 0 Å². The van der Waals surface area contributed by atoms with Crippen LogP contribution in [0.25, 0.3) is 0 Å². The van der Waals surface area contributed by atoms with Crippen molar-refractivity contribution in [1.29, 1.82) is 0 Å². The van der Waals surface area contributed by atoms with Crippen molar-refractivity contribution >= 4 is 11.6 Å². The summed E-state index contributed by atoms with van der Waals surface area (Å²) >= 11 is 0. The molecule has 0 radical (unpaired) electrons. The van der Waals surface area contributed by atoms with Gasteiger partial charge in [-0.1, -0.05) is 25.0 Å². The van der Waals surface area contributed by atoms with Crippen LogP contribution in [0, 0.1) is 16.0 Å². The lowest BCUT2D eigenvalue weighted by molar-refractivity contribution is -0.385. The van der Waals surface area contributed by atoms with Crippen LogP contribution >= 0.6 is 0 Å². The van der Waals surface area contributed by atoms with E-state index in [4.69, 9.17) is 0 Å². The topological polar surface area (TPSA) is 66.7 Å². The van der Waals surface area contributed by atoms with Crippen LogP contribution in [0.1, 0.15) is 57.1 Å². The van der Waals surface area contributed by atoms with Crippen LogP contribution in [0.4, 0.5) is 5.69 Å². The number of carbonyl (C=O) groups excluding carboxylic acids is 1. The molecule has 6 heteroatoms. The van der Waals surface area contributed by atoms with Crippen LogP contribution in [0.5, 0.6) is 0 Å². The van der Waals surface area contributed by atoms with Crippen LogP contribution in [-0.2, 0) is 4.79 Å². The second-order valence-electron chi connectivity index (χ2n) is 7.58. The number of nitro benzene ring substituents is 1. The van der Waals surface area contributed by atoms with Gasteiger partial charge in [-0.25, -0.2) is 0 Å². The molecule has 0 aliphatic carbocycles. The van der Waals surface area contributed by atoms with Crippen LogP contribution in [0.3, 0.4) is 0 Å². The fraction of sp³-hybridized carbons (Fsp3) is 0.650. The first-order chi connectivity index (χ1) is 12.6. The van der Waals surface area contributed by atoms with Crippen LogP contribution in [-0.4, -0.2) is 46.8 Å². The SMILES string of the molecule is CC(c1cccc([N+](=O)[O-])c1)N1CCC(C(=O)N2CCCCCC2)CC1. The summed E-state index contributed by atoms with van der Waals surface area (Å²) in [5, 5.41) is 11.0. The van der Waals surface area contributed by atoms with Crippen molar-refractivity contribution in [3.8, 4) is 0 Å². The van der Waals surface area contributed by atoms with E-state index in [0.717, 1.165) is 57.4 Å². The molecule has 1 unspecified atom stereocenters. The second kappa shape index (κ2) is 8.62.